The van der Waals surface area contributed by atoms with Crippen molar-refractivity contribution < 1.29 is 0 Å². The number of hydrogen-bond acceptors (Lipinski definition) is 3. The minimum absolute atomic E-state index is 0.495. The summed E-state index contributed by atoms with van der Waals surface area (Å²) in [7, 11) is 0. The van der Waals surface area contributed by atoms with Gasteiger partial charge in [0.15, 0.2) is 0 Å². The zero-order valence-electron chi connectivity index (χ0n) is 13.3. The van der Waals surface area contributed by atoms with Gasteiger partial charge in [-0.1, -0.05) is 32.9 Å². The molecule has 0 amide bonds. The molecule has 0 saturated heterocycles. The third kappa shape index (κ3) is 4.14. The van der Waals surface area contributed by atoms with Gasteiger partial charge in [-0.05, 0) is 54.1 Å². The number of hydrogen-bond donors (Lipinski definition) is 0. The van der Waals surface area contributed by atoms with E-state index in [4.69, 9.17) is 0 Å². The number of allylic oxidation sites excluding steroid dienone is 5. The zero-order chi connectivity index (χ0) is 15.3. The Balaban J connectivity index is 3.07. The Morgan fingerprint density at radius 3 is 2.65 bits per heavy atom. The van der Waals surface area contributed by atoms with E-state index < -0.39 is 0 Å². The molecule has 1 atom stereocenters. The van der Waals surface area contributed by atoms with E-state index in [9.17, 15) is 0 Å². The third-order valence-electron chi connectivity index (χ3n) is 3.63. The molecule has 0 fully saturated rings. The van der Waals surface area contributed by atoms with Gasteiger partial charge in [0.1, 0.15) is 0 Å². The van der Waals surface area contributed by atoms with Crippen molar-refractivity contribution in [1.29, 1.82) is 0 Å². The first kappa shape index (κ1) is 16.8. The van der Waals surface area contributed by atoms with Crippen LogP contribution in [0.3, 0.4) is 0 Å². The normalized spacial score (nSPS) is 20.0. The van der Waals surface area contributed by atoms with E-state index in [2.05, 4.69) is 65.3 Å². The highest BCUT2D eigenvalue weighted by molar-refractivity contribution is 8.05. The lowest BCUT2D eigenvalue weighted by atomic mass is 9.95. The van der Waals surface area contributed by atoms with Crippen LogP contribution in [0.2, 0.25) is 0 Å². The minimum atomic E-state index is 0.495. The lowest BCUT2D eigenvalue weighted by Crippen LogP contribution is -2.17. The summed E-state index contributed by atoms with van der Waals surface area (Å²) in [5.74, 6) is 1.01. The van der Waals surface area contributed by atoms with Crippen molar-refractivity contribution in [2.75, 3.05) is 0 Å². The maximum atomic E-state index is 4.16. The monoisotopic (exact) mass is 290 g/mol. The molecule has 0 aromatic rings. The third-order valence-corrected chi connectivity index (χ3v) is 4.77. The summed E-state index contributed by atoms with van der Waals surface area (Å²) in [6.07, 6.45) is 5.29. The van der Waals surface area contributed by atoms with Gasteiger partial charge < -0.3 is 0 Å². The maximum absolute atomic E-state index is 4.16. The Labute approximate surface area is 128 Å². The van der Waals surface area contributed by atoms with E-state index in [1.807, 2.05) is 10.4 Å². The van der Waals surface area contributed by atoms with Gasteiger partial charge in [-0.2, -0.15) is 5.10 Å². The smallest absolute Gasteiger partial charge is 0.0428 e. The van der Waals surface area contributed by atoms with Gasteiger partial charge in [0.2, 0.25) is 0 Å². The first-order valence-corrected chi connectivity index (χ1v) is 7.91. The van der Waals surface area contributed by atoms with Crippen LogP contribution in [0, 0.1) is 11.8 Å². The molecule has 0 N–H and O–H groups in total. The van der Waals surface area contributed by atoms with E-state index in [1.165, 1.54) is 21.7 Å². The van der Waals surface area contributed by atoms with Crippen LogP contribution in [-0.4, -0.2) is 11.7 Å². The molecular formula is C17H26N2S. The molecule has 0 heterocycles. The van der Waals surface area contributed by atoms with Crippen LogP contribution in [0.5, 0.6) is 0 Å². The molecule has 2 nitrogen and oxygen atoms in total. The van der Waals surface area contributed by atoms with Gasteiger partial charge in [-0.3, -0.25) is 0 Å². The highest BCUT2D eigenvalue weighted by atomic mass is 32.2. The summed E-state index contributed by atoms with van der Waals surface area (Å²) >= 11 is 1.73. The molecular weight excluding hydrogens is 264 g/mol. The Kier molecular flexibility index (Phi) is 6.34. The second-order valence-corrected chi connectivity index (χ2v) is 6.60. The van der Waals surface area contributed by atoms with Crippen molar-refractivity contribution in [2.45, 2.75) is 41.0 Å². The lowest BCUT2D eigenvalue weighted by Gasteiger charge is -2.28. The Morgan fingerprint density at radius 2 is 2.20 bits per heavy atom. The Morgan fingerprint density at radius 1 is 1.55 bits per heavy atom. The van der Waals surface area contributed by atoms with Crippen molar-refractivity contribution in [3.05, 3.63) is 46.0 Å². The van der Waals surface area contributed by atoms with Crippen molar-refractivity contribution in [3.8, 4) is 0 Å². The highest BCUT2D eigenvalue weighted by Gasteiger charge is 2.21. The maximum Gasteiger partial charge on any atom is 0.0428 e. The fraction of sp³-hybridized carbons (Fsp3) is 0.471. The first-order chi connectivity index (χ1) is 9.40. The van der Waals surface area contributed by atoms with Crippen LogP contribution in [-0.2, 0) is 0 Å². The largest absolute Gasteiger partial charge is 0.246 e. The standard InChI is InChI=1S/C17H26N2S/c1-8-20-17-13(4)9-16(10-14(17)5)19(18-7)11-15(6)12(2)3/h8-9,11-12,14H,1,7,10H2,2-6H3/b15-11+. The van der Waals surface area contributed by atoms with Gasteiger partial charge >= 0.3 is 0 Å². The summed E-state index contributed by atoms with van der Waals surface area (Å²) in [6, 6.07) is 0. The SMILES string of the molecule is C=CSC1=C(C)C=C(N(/C=C(\C)C(C)C)N=C)CC1C. The van der Waals surface area contributed by atoms with Crippen molar-refractivity contribution >= 4 is 18.5 Å². The van der Waals surface area contributed by atoms with Crippen molar-refractivity contribution in [3.63, 3.8) is 0 Å². The molecule has 1 aliphatic carbocycles. The average Bonchev–Trinajstić information content (AvgIpc) is 2.39. The summed E-state index contributed by atoms with van der Waals surface area (Å²) in [6.45, 7) is 18.4. The molecule has 0 aromatic carbocycles. The van der Waals surface area contributed by atoms with E-state index >= 15 is 0 Å². The first-order valence-electron chi connectivity index (χ1n) is 7.03. The lowest BCUT2D eigenvalue weighted by molar-refractivity contribution is 0.443. The highest BCUT2D eigenvalue weighted by Crippen LogP contribution is 2.38. The second kappa shape index (κ2) is 7.53. The quantitative estimate of drug-likeness (QED) is 0.471. The topological polar surface area (TPSA) is 15.6 Å². The van der Waals surface area contributed by atoms with Gasteiger partial charge in [-0.25, -0.2) is 5.01 Å². The van der Waals surface area contributed by atoms with E-state index in [0.717, 1.165) is 6.42 Å². The average molecular weight is 290 g/mol. The van der Waals surface area contributed by atoms with E-state index in [1.54, 1.807) is 11.8 Å². The fourth-order valence-corrected chi connectivity index (χ4v) is 2.93. The molecule has 0 spiro atoms. The van der Waals surface area contributed by atoms with Crippen LogP contribution < -0.4 is 0 Å². The summed E-state index contributed by atoms with van der Waals surface area (Å²) in [5, 5.41) is 7.99. The summed E-state index contributed by atoms with van der Waals surface area (Å²) in [4.78, 5) is 1.40. The predicted molar refractivity (Wildman–Crippen MR) is 92.3 cm³/mol. The van der Waals surface area contributed by atoms with Crippen LogP contribution in [0.1, 0.15) is 41.0 Å². The molecule has 3 heteroatoms. The number of thioether (sulfide) groups is 1. The number of rotatable bonds is 6. The molecule has 0 saturated carbocycles. The Bertz CT molecular complexity index is 469. The predicted octanol–water partition coefficient (Wildman–Crippen LogP) is 5.54. The second-order valence-electron chi connectivity index (χ2n) is 5.59. The molecule has 0 bridgehead atoms. The number of nitrogens with zero attached hydrogens (tertiary/aromatic N) is 2. The van der Waals surface area contributed by atoms with E-state index in [-0.39, 0.29) is 0 Å². The van der Waals surface area contributed by atoms with Crippen molar-refractivity contribution in [1.82, 2.24) is 5.01 Å². The molecule has 0 radical (unpaired) electrons. The zero-order valence-corrected chi connectivity index (χ0v) is 14.1. The Hall–Kier alpha value is -1.22. The van der Waals surface area contributed by atoms with Gasteiger partial charge in [0, 0.05) is 18.6 Å². The van der Waals surface area contributed by atoms with Crippen LogP contribution in [0.4, 0.5) is 0 Å². The van der Waals surface area contributed by atoms with Crippen molar-refractivity contribution in [2.24, 2.45) is 16.9 Å². The molecule has 20 heavy (non-hydrogen) atoms. The molecule has 1 aliphatic rings. The molecule has 0 aliphatic heterocycles. The summed E-state index contributed by atoms with van der Waals surface area (Å²) in [5.41, 5.74) is 3.81. The van der Waals surface area contributed by atoms with Gasteiger partial charge in [-0.15, -0.1) is 11.8 Å². The van der Waals surface area contributed by atoms with Crippen LogP contribution in [0.15, 0.2) is 51.1 Å². The van der Waals surface area contributed by atoms with Crippen LogP contribution in [0.25, 0.3) is 0 Å². The van der Waals surface area contributed by atoms with Gasteiger partial charge in [0.25, 0.3) is 0 Å². The molecule has 1 unspecified atom stereocenters. The molecule has 1 rings (SSSR count). The minimum Gasteiger partial charge on any atom is -0.246 e. The number of hydrazone groups is 1. The fourth-order valence-electron chi connectivity index (χ4n) is 2.19. The molecule has 110 valence electrons. The summed E-state index contributed by atoms with van der Waals surface area (Å²) < 4.78 is 0. The van der Waals surface area contributed by atoms with E-state index in [0.29, 0.717) is 11.8 Å². The molecule has 0 aromatic heterocycles. The van der Waals surface area contributed by atoms with Crippen LogP contribution >= 0.6 is 11.8 Å². The van der Waals surface area contributed by atoms with Gasteiger partial charge in [0.05, 0.1) is 0 Å².